The van der Waals surface area contributed by atoms with Crippen LogP contribution in [0.1, 0.15) is 18.4 Å². The number of halogens is 1. The Balaban J connectivity index is 2.08. The minimum atomic E-state index is 0.115. The lowest BCUT2D eigenvalue weighted by atomic mass is 9.90. The SMILES string of the molecule is ClC1C[C](c2ccccc2)CCN1. The van der Waals surface area contributed by atoms with Gasteiger partial charge in [-0.3, -0.25) is 0 Å². The summed E-state index contributed by atoms with van der Waals surface area (Å²) in [6.45, 7) is 0.998. The van der Waals surface area contributed by atoms with Gasteiger partial charge in [-0.2, -0.15) is 0 Å². The summed E-state index contributed by atoms with van der Waals surface area (Å²) >= 11 is 6.03. The summed E-state index contributed by atoms with van der Waals surface area (Å²) in [7, 11) is 0. The van der Waals surface area contributed by atoms with Gasteiger partial charge in [-0.25, -0.2) is 0 Å². The number of benzene rings is 1. The fourth-order valence-electron chi connectivity index (χ4n) is 1.71. The van der Waals surface area contributed by atoms with Crippen molar-refractivity contribution in [2.24, 2.45) is 0 Å². The molecule has 1 saturated heterocycles. The first kappa shape index (κ1) is 9.04. The van der Waals surface area contributed by atoms with E-state index >= 15 is 0 Å². The van der Waals surface area contributed by atoms with Crippen LogP contribution in [0.2, 0.25) is 0 Å². The highest BCUT2D eigenvalue weighted by Gasteiger charge is 2.20. The Morgan fingerprint density at radius 3 is 2.69 bits per heavy atom. The molecule has 2 heteroatoms. The van der Waals surface area contributed by atoms with Crippen LogP contribution in [0.5, 0.6) is 0 Å². The largest absolute Gasteiger partial charge is 0.301 e. The molecular weight excluding hydrogens is 182 g/mol. The molecule has 1 unspecified atom stereocenters. The summed E-state index contributed by atoms with van der Waals surface area (Å²) in [5.41, 5.74) is 1.46. The molecule has 0 spiro atoms. The van der Waals surface area contributed by atoms with E-state index in [0.29, 0.717) is 0 Å². The Labute approximate surface area is 84.1 Å². The van der Waals surface area contributed by atoms with Gasteiger partial charge in [-0.05, 0) is 24.9 Å². The van der Waals surface area contributed by atoms with Crippen LogP contribution in [0, 0.1) is 5.92 Å². The highest BCUT2D eigenvalue weighted by atomic mass is 35.5. The molecule has 0 saturated carbocycles. The van der Waals surface area contributed by atoms with Gasteiger partial charge in [0.2, 0.25) is 0 Å². The number of hydrogen-bond acceptors (Lipinski definition) is 1. The second-order valence-electron chi connectivity index (χ2n) is 3.35. The van der Waals surface area contributed by atoms with Crippen LogP contribution in [0.15, 0.2) is 30.3 Å². The van der Waals surface area contributed by atoms with Crippen molar-refractivity contribution in [2.45, 2.75) is 18.3 Å². The molecule has 1 nitrogen and oxygen atoms in total. The van der Waals surface area contributed by atoms with E-state index in [4.69, 9.17) is 11.6 Å². The van der Waals surface area contributed by atoms with Crippen LogP contribution in [-0.2, 0) is 0 Å². The zero-order chi connectivity index (χ0) is 9.10. The van der Waals surface area contributed by atoms with Crippen molar-refractivity contribution in [3.8, 4) is 0 Å². The maximum atomic E-state index is 6.03. The number of rotatable bonds is 1. The summed E-state index contributed by atoms with van der Waals surface area (Å²) in [5, 5.41) is 3.23. The average Bonchev–Trinajstić information content (AvgIpc) is 2.19. The summed E-state index contributed by atoms with van der Waals surface area (Å²) in [4.78, 5) is 0. The smallest absolute Gasteiger partial charge is 0.0834 e. The fraction of sp³-hybridized carbons (Fsp3) is 0.364. The molecule has 1 fully saturated rings. The molecule has 1 heterocycles. The lowest BCUT2D eigenvalue weighted by Gasteiger charge is -2.26. The molecule has 0 amide bonds. The van der Waals surface area contributed by atoms with Crippen LogP contribution in [-0.4, -0.2) is 12.0 Å². The molecule has 0 bridgehead atoms. The Kier molecular flexibility index (Phi) is 2.87. The van der Waals surface area contributed by atoms with Crippen LogP contribution in [0.4, 0.5) is 0 Å². The molecule has 1 N–H and O–H groups in total. The molecule has 13 heavy (non-hydrogen) atoms. The van der Waals surface area contributed by atoms with E-state index in [2.05, 4.69) is 29.6 Å². The van der Waals surface area contributed by atoms with Crippen LogP contribution < -0.4 is 5.32 Å². The van der Waals surface area contributed by atoms with E-state index in [-0.39, 0.29) is 5.50 Å². The quantitative estimate of drug-likeness (QED) is 0.535. The van der Waals surface area contributed by atoms with Crippen molar-refractivity contribution >= 4 is 11.6 Å². The van der Waals surface area contributed by atoms with Crippen LogP contribution >= 0.6 is 11.6 Å². The summed E-state index contributed by atoms with van der Waals surface area (Å²) in [6, 6.07) is 10.5. The van der Waals surface area contributed by atoms with Crippen molar-refractivity contribution in [2.75, 3.05) is 6.54 Å². The van der Waals surface area contributed by atoms with Crippen LogP contribution in [0.25, 0.3) is 0 Å². The third-order valence-electron chi connectivity index (χ3n) is 2.40. The van der Waals surface area contributed by atoms with Gasteiger partial charge < -0.3 is 5.32 Å². The Hall–Kier alpha value is -0.530. The Morgan fingerprint density at radius 1 is 1.23 bits per heavy atom. The third-order valence-corrected chi connectivity index (χ3v) is 2.71. The molecule has 1 aromatic carbocycles. The van der Waals surface area contributed by atoms with Gasteiger partial charge in [0, 0.05) is 5.92 Å². The first-order valence-corrected chi connectivity index (χ1v) is 5.07. The van der Waals surface area contributed by atoms with Gasteiger partial charge in [-0.15, -0.1) is 11.6 Å². The molecule has 2 rings (SSSR count). The van der Waals surface area contributed by atoms with Gasteiger partial charge in [0.15, 0.2) is 0 Å². The number of nitrogens with one attached hydrogen (secondary N) is 1. The van der Waals surface area contributed by atoms with Gasteiger partial charge in [0.05, 0.1) is 5.50 Å². The van der Waals surface area contributed by atoms with E-state index in [1.165, 1.54) is 11.5 Å². The highest BCUT2D eigenvalue weighted by Crippen LogP contribution is 2.27. The third kappa shape index (κ3) is 2.23. The Morgan fingerprint density at radius 2 is 2.00 bits per heavy atom. The average molecular weight is 195 g/mol. The van der Waals surface area contributed by atoms with E-state index in [9.17, 15) is 0 Å². The zero-order valence-corrected chi connectivity index (χ0v) is 8.22. The van der Waals surface area contributed by atoms with Gasteiger partial charge in [0.1, 0.15) is 0 Å². The molecule has 1 atom stereocenters. The fourth-order valence-corrected chi connectivity index (χ4v) is 2.00. The summed E-state index contributed by atoms with van der Waals surface area (Å²) < 4.78 is 0. The first-order chi connectivity index (χ1) is 6.36. The zero-order valence-electron chi connectivity index (χ0n) is 7.46. The van der Waals surface area contributed by atoms with Gasteiger partial charge in [0.25, 0.3) is 0 Å². The normalized spacial score (nSPS) is 24.5. The number of hydrogen-bond donors (Lipinski definition) is 1. The van der Waals surface area contributed by atoms with Crippen molar-refractivity contribution < 1.29 is 0 Å². The first-order valence-electron chi connectivity index (χ1n) is 4.64. The van der Waals surface area contributed by atoms with Gasteiger partial charge >= 0.3 is 0 Å². The lowest BCUT2D eigenvalue weighted by Crippen LogP contribution is -2.33. The number of piperidine rings is 1. The van der Waals surface area contributed by atoms with Crippen molar-refractivity contribution in [3.05, 3.63) is 41.8 Å². The van der Waals surface area contributed by atoms with E-state index in [1.54, 1.807) is 0 Å². The van der Waals surface area contributed by atoms with Crippen molar-refractivity contribution in [1.82, 2.24) is 5.32 Å². The van der Waals surface area contributed by atoms with Crippen molar-refractivity contribution in [3.63, 3.8) is 0 Å². The minimum absolute atomic E-state index is 0.115. The maximum Gasteiger partial charge on any atom is 0.0834 e. The van der Waals surface area contributed by atoms with E-state index in [0.717, 1.165) is 19.4 Å². The van der Waals surface area contributed by atoms with Gasteiger partial charge in [-0.1, -0.05) is 30.3 Å². The van der Waals surface area contributed by atoms with Crippen LogP contribution in [0.3, 0.4) is 0 Å². The van der Waals surface area contributed by atoms with E-state index in [1.807, 2.05) is 6.07 Å². The molecule has 0 aliphatic carbocycles. The molecule has 69 valence electrons. The Bertz CT molecular complexity index is 260. The molecule has 1 aromatic rings. The summed E-state index contributed by atoms with van der Waals surface area (Å²) in [6.07, 6.45) is 2.08. The monoisotopic (exact) mass is 194 g/mol. The standard InChI is InChI=1S/C11H13ClN/c12-11-8-10(6-7-13-11)9-4-2-1-3-5-9/h1-5,11,13H,6-8H2. The highest BCUT2D eigenvalue weighted by molar-refractivity contribution is 6.20. The maximum absolute atomic E-state index is 6.03. The molecule has 1 aliphatic heterocycles. The second-order valence-corrected chi connectivity index (χ2v) is 3.87. The molecular formula is C11H13ClN. The minimum Gasteiger partial charge on any atom is -0.301 e. The number of alkyl halides is 1. The molecule has 0 aromatic heterocycles. The van der Waals surface area contributed by atoms with E-state index < -0.39 is 0 Å². The lowest BCUT2D eigenvalue weighted by molar-refractivity contribution is 0.528. The molecule has 1 radical (unpaired) electrons. The van der Waals surface area contributed by atoms with Crippen molar-refractivity contribution in [1.29, 1.82) is 0 Å². The predicted molar refractivity (Wildman–Crippen MR) is 55.7 cm³/mol. The second kappa shape index (κ2) is 4.12. The predicted octanol–water partition coefficient (Wildman–Crippen LogP) is 2.56. The molecule has 1 aliphatic rings. The summed E-state index contributed by atoms with van der Waals surface area (Å²) in [5.74, 6) is 1.47. The topological polar surface area (TPSA) is 12.0 Å².